The molecule has 0 atom stereocenters. The molecule has 0 aliphatic carbocycles. The first-order valence-electron chi connectivity index (χ1n) is 6.25. The summed E-state index contributed by atoms with van der Waals surface area (Å²) in [6, 6.07) is 5.23. The van der Waals surface area contributed by atoms with E-state index in [1.165, 1.54) is 7.11 Å². The second-order valence-electron chi connectivity index (χ2n) is 4.02. The van der Waals surface area contributed by atoms with Crippen molar-refractivity contribution in [1.29, 1.82) is 0 Å². The molecule has 0 radical (unpaired) electrons. The van der Waals surface area contributed by atoms with E-state index in [1.807, 2.05) is 0 Å². The Labute approximate surface area is 123 Å². The molecule has 110 valence electrons. The van der Waals surface area contributed by atoms with Gasteiger partial charge in [0.1, 0.15) is 5.75 Å². The molecular formula is C13H19N3O3S. The second-order valence-corrected chi connectivity index (χ2v) is 4.43. The van der Waals surface area contributed by atoms with Crippen molar-refractivity contribution in [2.24, 2.45) is 0 Å². The van der Waals surface area contributed by atoms with Crippen LogP contribution in [-0.2, 0) is 4.74 Å². The van der Waals surface area contributed by atoms with Gasteiger partial charge in [-0.25, -0.2) is 4.79 Å². The summed E-state index contributed by atoms with van der Waals surface area (Å²) in [7, 11) is 1.26. The Balaban J connectivity index is 2.59. The number of alkyl carbamates (subject to hydrolysis) is 1. The molecule has 20 heavy (non-hydrogen) atoms. The minimum absolute atomic E-state index is 0.114. The smallest absolute Gasteiger partial charge is 0.413 e. The molecule has 0 aliphatic heterocycles. The predicted molar refractivity (Wildman–Crippen MR) is 83.0 cm³/mol. The Hall–Kier alpha value is -2.02. The molecule has 0 spiro atoms. The summed E-state index contributed by atoms with van der Waals surface area (Å²) in [6.07, 6.45) is 1.43. The average molecular weight is 297 g/mol. The third-order valence-corrected chi connectivity index (χ3v) is 2.64. The van der Waals surface area contributed by atoms with E-state index in [1.54, 1.807) is 18.2 Å². The van der Waals surface area contributed by atoms with Gasteiger partial charge in [0, 0.05) is 6.07 Å². The van der Waals surface area contributed by atoms with Crippen LogP contribution in [-0.4, -0.2) is 24.9 Å². The van der Waals surface area contributed by atoms with Crippen LogP contribution in [0.3, 0.4) is 0 Å². The van der Waals surface area contributed by atoms with Gasteiger partial charge in [0.2, 0.25) is 0 Å². The molecule has 0 heterocycles. The van der Waals surface area contributed by atoms with Crippen LogP contribution >= 0.6 is 12.2 Å². The maximum absolute atomic E-state index is 11.0. The van der Waals surface area contributed by atoms with Gasteiger partial charge in [0.15, 0.2) is 5.11 Å². The maximum Gasteiger partial charge on any atom is 0.413 e. The van der Waals surface area contributed by atoms with Crippen LogP contribution in [0, 0.1) is 0 Å². The van der Waals surface area contributed by atoms with Crippen molar-refractivity contribution in [3.05, 3.63) is 18.2 Å². The number of amides is 1. The summed E-state index contributed by atoms with van der Waals surface area (Å²) in [5.74, 6) is 0.702. The molecule has 4 N–H and O–H groups in total. The monoisotopic (exact) mass is 297 g/mol. The highest BCUT2D eigenvalue weighted by molar-refractivity contribution is 7.80. The number of thiocarbonyl (C=S) groups is 1. The molecule has 1 aromatic carbocycles. The van der Waals surface area contributed by atoms with Gasteiger partial charge in [0.25, 0.3) is 0 Å². The number of hydrogen-bond acceptors (Lipinski definition) is 5. The summed E-state index contributed by atoms with van der Waals surface area (Å²) in [6.45, 7) is 2.75. The average Bonchev–Trinajstić information content (AvgIpc) is 2.42. The van der Waals surface area contributed by atoms with E-state index in [0.29, 0.717) is 23.7 Å². The lowest BCUT2D eigenvalue weighted by Crippen LogP contribution is -2.34. The van der Waals surface area contributed by atoms with Crippen molar-refractivity contribution < 1.29 is 14.3 Å². The number of methoxy groups -OCH3 is 1. The van der Waals surface area contributed by atoms with Gasteiger partial charge in [-0.3, -0.25) is 5.32 Å². The molecule has 0 bridgehead atoms. The van der Waals surface area contributed by atoms with Crippen molar-refractivity contribution in [1.82, 2.24) is 5.32 Å². The molecule has 7 heteroatoms. The Morgan fingerprint density at radius 2 is 2.20 bits per heavy atom. The highest BCUT2D eigenvalue weighted by atomic mass is 32.1. The number of benzene rings is 1. The van der Waals surface area contributed by atoms with Crippen molar-refractivity contribution in [3.63, 3.8) is 0 Å². The summed E-state index contributed by atoms with van der Waals surface area (Å²) < 4.78 is 9.97. The number of nitrogens with one attached hydrogen (secondary N) is 2. The number of carbonyl (C=O) groups is 1. The quantitative estimate of drug-likeness (QED) is 0.440. The van der Waals surface area contributed by atoms with Gasteiger partial charge in [0.05, 0.1) is 25.1 Å². The Bertz CT molecular complexity index is 480. The number of hydrogen-bond donors (Lipinski definition) is 3. The number of ether oxygens (including phenoxy) is 2. The van der Waals surface area contributed by atoms with E-state index >= 15 is 0 Å². The number of rotatable bonds is 5. The first-order valence-corrected chi connectivity index (χ1v) is 6.66. The second kappa shape index (κ2) is 8.21. The standard InChI is InChI=1S/C13H19N3O3S/c1-3-4-7-19-9-5-6-11(10(14)8-9)15-12(20)16-13(17)18-2/h5-6,8H,3-4,7,14H2,1-2H3,(H2,15,16,17,20). The molecule has 0 aromatic heterocycles. The molecule has 0 fully saturated rings. The van der Waals surface area contributed by atoms with Crippen LogP contribution in [0.2, 0.25) is 0 Å². The van der Waals surface area contributed by atoms with E-state index in [0.717, 1.165) is 12.8 Å². The molecule has 1 amide bonds. The van der Waals surface area contributed by atoms with Crippen LogP contribution in [0.15, 0.2) is 18.2 Å². The van der Waals surface area contributed by atoms with Gasteiger partial charge in [-0.15, -0.1) is 0 Å². The minimum atomic E-state index is -0.638. The van der Waals surface area contributed by atoms with Crippen molar-refractivity contribution in [2.45, 2.75) is 19.8 Å². The van der Waals surface area contributed by atoms with Gasteiger partial charge < -0.3 is 20.5 Å². The maximum atomic E-state index is 11.0. The Morgan fingerprint density at radius 1 is 1.45 bits per heavy atom. The van der Waals surface area contributed by atoms with Crippen molar-refractivity contribution in [2.75, 3.05) is 24.8 Å². The summed E-state index contributed by atoms with van der Waals surface area (Å²) in [5, 5.41) is 5.26. The third kappa shape index (κ3) is 5.31. The minimum Gasteiger partial charge on any atom is -0.494 e. The highest BCUT2D eigenvalue weighted by Gasteiger charge is 2.06. The fourth-order valence-corrected chi connectivity index (χ4v) is 1.57. The molecule has 6 nitrogen and oxygen atoms in total. The predicted octanol–water partition coefficient (Wildman–Crippen LogP) is 2.50. The van der Waals surface area contributed by atoms with E-state index in [-0.39, 0.29) is 5.11 Å². The fourth-order valence-electron chi connectivity index (χ4n) is 1.38. The van der Waals surface area contributed by atoms with E-state index in [4.69, 9.17) is 22.7 Å². The van der Waals surface area contributed by atoms with Crippen molar-refractivity contribution in [3.8, 4) is 5.75 Å². The number of carbonyl (C=O) groups excluding carboxylic acids is 1. The molecule has 1 rings (SSSR count). The summed E-state index contributed by atoms with van der Waals surface area (Å²) in [4.78, 5) is 11.0. The van der Waals surface area contributed by atoms with Gasteiger partial charge in [-0.1, -0.05) is 13.3 Å². The molecule has 0 unspecified atom stereocenters. The van der Waals surface area contributed by atoms with Crippen molar-refractivity contribution >= 4 is 34.8 Å². The fraction of sp³-hybridized carbons (Fsp3) is 0.385. The normalized spacial score (nSPS) is 9.70. The zero-order valence-corrected chi connectivity index (χ0v) is 12.4. The lowest BCUT2D eigenvalue weighted by molar-refractivity contribution is 0.177. The topological polar surface area (TPSA) is 85.6 Å². The molecule has 0 saturated heterocycles. The number of nitrogens with two attached hydrogens (primary N) is 1. The Kier molecular flexibility index (Phi) is 6.58. The molecule has 0 aliphatic rings. The van der Waals surface area contributed by atoms with Gasteiger partial charge in [-0.05, 0) is 30.8 Å². The Morgan fingerprint density at radius 3 is 2.80 bits per heavy atom. The lowest BCUT2D eigenvalue weighted by Gasteiger charge is -2.12. The van der Waals surface area contributed by atoms with E-state index in [2.05, 4.69) is 22.3 Å². The van der Waals surface area contributed by atoms with Crippen LogP contribution < -0.4 is 21.1 Å². The first kappa shape index (κ1) is 16.0. The lowest BCUT2D eigenvalue weighted by atomic mass is 10.2. The molecule has 1 aromatic rings. The van der Waals surface area contributed by atoms with Gasteiger partial charge >= 0.3 is 6.09 Å². The molecular weight excluding hydrogens is 278 g/mol. The number of anilines is 2. The zero-order valence-electron chi connectivity index (χ0n) is 11.6. The summed E-state index contributed by atoms with van der Waals surface area (Å²) in [5.41, 5.74) is 6.96. The van der Waals surface area contributed by atoms with E-state index < -0.39 is 6.09 Å². The summed E-state index contributed by atoms with van der Waals surface area (Å²) >= 11 is 4.95. The SMILES string of the molecule is CCCCOc1ccc(NC(=S)NC(=O)OC)c(N)c1. The zero-order chi connectivity index (χ0) is 15.0. The molecule has 0 saturated carbocycles. The van der Waals surface area contributed by atoms with E-state index in [9.17, 15) is 4.79 Å². The largest absolute Gasteiger partial charge is 0.494 e. The number of unbranched alkanes of at least 4 members (excludes halogenated alkanes) is 1. The number of nitrogen functional groups attached to an aromatic ring is 1. The van der Waals surface area contributed by atoms with Crippen LogP contribution in [0.4, 0.5) is 16.2 Å². The highest BCUT2D eigenvalue weighted by Crippen LogP contribution is 2.24. The third-order valence-electron chi connectivity index (χ3n) is 2.44. The van der Waals surface area contributed by atoms with Crippen LogP contribution in [0.5, 0.6) is 5.75 Å². The first-order chi connectivity index (χ1) is 9.56. The van der Waals surface area contributed by atoms with Gasteiger partial charge in [-0.2, -0.15) is 0 Å². The van der Waals surface area contributed by atoms with Crippen LogP contribution in [0.25, 0.3) is 0 Å². The van der Waals surface area contributed by atoms with Crippen LogP contribution in [0.1, 0.15) is 19.8 Å².